The molecule has 0 unspecified atom stereocenters. The number of hydrogen-bond donors (Lipinski definition) is 1. The first-order valence-corrected chi connectivity index (χ1v) is 6.42. The molecule has 0 radical (unpaired) electrons. The van der Waals surface area contributed by atoms with Crippen molar-refractivity contribution in [3.63, 3.8) is 0 Å². The summed E-state index contributed by atoms with van der Waals surface area (Å²) >= 11 is 6.11. The SMILES string of the molecule is Cc1ccc(-c2nc(Cl)c3ccc(C(=O)O)cn23)cc1. The van der Waals surface area contributed by atoms with Crippen LogP contribution in [-0.4, -0.2) is 20.5 Å². The van der Waals surface area contributed by atoms with E-state index in [-0.39, 0.29) is 5.56 Å². The normalized spacial score (nSPS) is 10.9. The predicted octanol–water partition coefficient (Wildman–Crippen LogP) is 3.66. The lowest BCUT2D eigenvalue weighted by Crippen LogP contribution is -1.99. The van der Waals surface area contributed by atoms with Crippen LogP contribution in [-0.2, 0) is 0 Å². The first kappa shape index (κ1) is 12.7. The van der Waals surface area contributed by atoms with Crippen molar-refractivity contribution >= 4 is 23.1 Å². The number of hydrogen-bond acceptors (Lipinski definition) is 2. The minimum absolute atomic E-state index is 0.194. The average Bonchev–Trinajstić information content (AvgIpc) is 2.76. The van der Waals surface area contributed by atoms with Crippen molar-refractivity contribution in [3.8, 4) is 11.4 Å². The predicted molar refractivity (Wildman–Crippen MR) is 77.3 cm³/mol. The van der Waals surface area contributed by atoms with Gasteiger partial charge in [0.1, 0.15) is 5.82 Å². The topological polar surface area (TPSA) is 54.6 Å². The van der Waals surface area contributed by atoms with Gasteiger partial charge in [-0.15, -0.1) is 0 Å². The Morgan fingerprint density at radius 2 is 1.90 bits per heavy atom. The van der Waals surface area contributed by atoms with E-state index < -0.39 is 5.97 Å². The molecule has 1 aromatic carbocycles. The number of carbonyl (C=O) groups is 1. The van der Waals surface area contributed by atoms with Gasteiger partial charge in [0.05, 0.1) is 11.1 Å². The molecular weight excluding hydrogens is 276 g/mol. The maximum absolute atomic E-state index is 11.1. The zero-order valence-electron chi connectivity index (χ0n) is 10.7. The first-order valence-electron chi connectivity index (χ1n) is 6.04. The number of imidazole rings is 1. The molecule has 2 aromatic heterocycles. The van der Waals surface area contributed by atoms with Crippen LogP contribution >= 0.6 is 11.6 Å². The van der Waals surface area contributed by atoms with Crippen molar-refractivity contribution in [2.24, 2.45) is 0 Å². The van der Waals surface area contributed by atoms with E-state index in [0.29, 0.717) is 16.5 Å². The van der Waals surface area contributed by atoms with Crippen molar-refractivity contribution in [2.75, 3.05) is 0 Å². The summed E-state index contributed by atoms with van der Waals surface area (Å²) < 4.78 is 1.70. The number of nitrogens with zero attached hydrogens (tertiary/aromatic N) is 2. The number of halogens is 1. The van der Waals surface area contributed by atoms with Gasteiger partial charge in [-0.2, -0.15) is 0 Å². The van der Waals surface area contributed by atoms with Gasteiger partial charge in [0.2, 0.25) is 0 Å². The second kappa shape index (κ2) is 4.65. The third-order valence-corrected chi connectivity index (χ3v) is 3.43. The molecule has 0 fully saturated rings. The maximum Gasteiger partial charge on any atom is 0.337 e. The molecule has 2 heterocycles. The van der Waals surface area contributed by atoms with Crippen molar-refractivity contribution in [2.45, 2.75) is 6.92 Å². The van der Waals surface area contributed by atoms with E-state index in [1.54, 1.807) is 10.5 Å². The number of carboxylic acid groups (broad SMARTS) is 1. The maximum atomic E-state index is 11.1. The van der Waals surface area contributed by atoms with E-state index in [9.17, 15) is 4.79 Å². The van der Waals surface area contributed by atoms with Crippen molar-refractivity contribution in [3.05, 3.63) is 58.9 Å². The second-order valence-corrected chi connectivity index (χ2v) is 4.93. The van der Waals surface area contributed by atoms with Crippen LogP contribution in [0.5, 0.6) is 0 Å². The van der Waals surface area contributed by atoms with Crippen LogP contribution in [0.4, 0.5) is 0 Å². The summed E-state index contributed by atoms with van der Waals surface area (Å²) in [6, 6.07) is 11.0. The minimum atomic E-state index is -0.980. The molecule has 3 aromatic rings. The lowest BCUT2D eigenvalue weighted by molar-refractivity contribution is 0.0696. The molecule has 1 N–H and O–H groups in total. The van der Waals surface area contributed by atoms with Crippen LogP contribution < -0.4 is 0 Å². The van der Waals surface area contributed by atoms with Crippen molar-refractivity contribution in [1.29, 1.82) is 0 Å². The van der Waals surface area contributed by atoms with E-state index in [1.807, 2.05) is 31.2 Å². The van der Waals surface area contributed by atoms with Gasteiger partial charge in [-0.05, 0) is 19.1 Å². The molecule has 0 saturated carbocycles. The van der Waals surface area contributed by atoms with Crippen LogP contribution in [0, 0.1) is 6.92 Å². The van der Waals surface area contributed by atoms with E-state index in [1.165, 1.54) is 12.3 Å². The highest BCUT2D eigenvalue weighted by Crippen LogP contribution is 2.26. The summed E-state index contributed by atoms with van der Waals surface area (Å²) in [5, 5.41) is 9.44. The highest BCUT2D eigenvalue weighted by Gasteiger charge is 2.13. The molecular formula is C15H11ClN2O2. The minimum Gasteiger partial charge on any atom is -0.478 e. The van der Waals surface area contributed by atoms with Crippen molar-refractivity contribution in [1.82, 2.24) is 9.38 Å². The number of rotatable bonds is 2. The first-order chi connectivity index (χ1) is 9.56. The molecule has 3 rings (SSSR count). The molecule has 0 aliphatic carbocycles. The number of benzene rings is 1. The summed E-state index contributed by atoms with van der Waals surface area (Å²) in [6.45, 7) is 2.00. The molecule has 4 nitrogen and oxygen atoms in total. The molecule has 0 bridgehead atoms. The lowest BCUT2D eigenvalue weighted by atomic mass is 10.1. The zero-order valence-corrected chi connectivity index (χ0v) is 11.4. The number of aromatic carboxylic acids is 1. The summed E-state index contributed by atoms with van der Waals surface area (Å²) in [5.74, 6) is -0.348. The molecule has 5 heteroatoms. The van der Waals surface area contributed by atoms with E-state index in [4.69, 9.17) is 16.7 Å². The summed E-state index contributed by atoms with van der Waals surface area (Å²) in [7, 11) is 0. The summed E-state index contributed by atoms with van der Waals surface area (Å²) in [6.07, 6.45) is 1.53. The highest BCUT2D eigenvalue weighted by molar-refractivity contribution is 6.32. The molecule has 20 heavy (non-hydrogen) atoms. The zero-order chi connectivity index (χ0) is 14.3. The molecule has 0 aliphatic heterocycles. The summed E-state index contributed by atoms with van der Waals surface area (Å²) in [4.78, 5) is 15.4. The number of carboxylic acids is 1. The van der Waals surface area contributed by atoms with Crippen LogP contribution in [0.15, 0.2) is 42.6 Å². The molecule has 100 valence electrons. The molecule has 0 spiro atoms. The molecule has 0 saturated heterocycles. The van der Waals surface area contributed by atoms with E-state index >= 15 is 0 Å². The van der Waals surface area contributed by atoms with Gasteiger partial charge in [-0.1, -0.05) is 41.4 Å². The third-order valence-electron chi connectivity index (χ3n) is 3.15. The van der Waals surface area contributed by atoms with Crippen LogP contribution in [0.25, 0.3) is 16.9 Å². The fourth-order valence-corrected chi connectivity index (χ4v) is 2.32. The second-order valence-electron chi connectivity index (χ2n) is 4.57. The number of pyridine rings is 1. The molecule has 0 atom stereocenters. The Kier molecular flexibility index (Phi) is 2.95. The Morgan fingerprint density at radius 1 is 1.20 bits per heavy atom. The third kappa shape index (κ3) is 2.04. The fourth-order valence-electron chi connectivity index (χ4n) is 2.08. The Balaban J connectivity index is 2.27. The lowest BCUT2D eigenvalue weighted by Gasteiger charge is -2.03. The van der Waals surface area contributed by atoms with Gasteiger partial charge in [-0.3, -0.25) is 4.40 Å². The van der Waals surface area contributed by atoms with Gasteiger partial charge in [0.15, 0.2) is 5.15 Å². The Labute approximate surface area is 120 Å². The van der Waals surface area contributed by atoms with Gasteiger partial charge in [0, 0.05) is 11.8 Å². The molecule has 0 amide bonds. The van der Waals surface area contributed by atoms with E-state index in [0.717, 1.165) is 11.1 Å². The Hall–Kier alpha value is -2.33. The Morgan fingerprint density at radius 3 is 2.55 bits per heavy atom. The standard InChI is InChI=1S/C15H11ClN2O2/c1-9-2-4-10(5-3-9)14-17-13(16)12-7-6-11(15(19)20)8-18(12)14/h2-8H,1H3,(H,19,20). The number of aryl methyl sites for hydroxylation is 1. The van der Waals surface area contributed by atoms with Crippen LogP contribution in [0.1, 0.15) is 15.9 Å². The van der Waals surface area contributed by atoms with Gasteiger partial charge in [0.25, 0.3) is 0 Å². The Bertz CT molecular complexity index is 807. The summed E-state index contributed by atoms with van der Waals surface area (Å²) in [5.41, 5.74) is 2.92. The van der Waals surface area contributed by atoms with Gasteiger partial charge < -0.3 is 5.11 Å². The van der Waals surface area contributed by atoms with Gasteiger partial charge >= 0.3 is 5.97 Å². The van der Waals surface area contributed by atoms with Crippen LogP contribution in [0.2, 0.25) is 5.15 Å². The van der Waals surface area contributed by atoms with Crippen molar-refractivity contribution < 1.29 is 9.90 Å². The molecule has 0 aliphatic rings. The highest BCUT2D eigenvalue weighted by atomic mass is 35.5. The monoisotopic (exact) mass is 286 g/mol. The van der Waals surface area contributed by atoms with Crippen LogP contribution in [0.3, 0.4) is 0 Å². The average molecular weight is 287 g/mol. The largest absolute Gasteiger partial charge is 0.478 e. The van der Waals surface area contributed by atoms with Gasteiger partial charge in [-0.25, -0.2) is 9.78 Å². The number of fused-ring (bicyclic) bond motifs is 1. The fraction of sp³-hybridized carbons (Fsp3) is 0.0667. The number of aromatic nitrogens is 2. The smallest absolute Gasteiger partial charge is 0.337 e. The van der Waals surface area contributed by atoms with E-state index in [2.05, 4.69) is 4.98 Å². The quantitative estimate of drug-likeness (QED) is 0.782.